The minimum Gasteiger partial charge on any atom is -0.368 e. The fourth-order valence-corrected chi connectivity index (χ4v) is 3.04. The molecule has 1 aliphatic carbocycles. The number of hydrogen-bond donors (Lipinski definition) is 2. The van der Waals surface area contributed by atoms with Crippen molar-refractivity contribution in [2.75, 3.05) is 0 Å². The van der Waals surface area contributed by atoms with E-state index in [-0.39, 0.29) is 5.91 Å². The summed E-state index contributed by atoms with van der Waals surface area (Å²) in [6.45, 7) is 1.86. The molecule has 1 unspecified atom stereocenters. The molecule has 4 heteroatoms. The zero-order chi connectivity index (χ0) is 14.6. The summed E-state index contributed by atoms with van der Waals surface area (Å²) in [7, 11) is 0. The summed E-state index contributed by atoms with van der Waals surface area (Å²) in [5, 5.41) is 4.15. The van der Waals surface area contributed by atoms with Gasteiger partial charge in [-0.15, -0.1) is 0 Å². The SMILES string of the molecule is CC(NC1CCCCCC1)(C(N)=O)c1ccc(Cl)cc1. The Morgan fingerprint density at radius 1 is 1.20 bits per heavy atom. The van der Waals surface area contributed by atoms with Crippen LogP contribution in [0.3, 0.4) is 0 Å². The van der Waals surface area contributed by atoms with Gasteiger partial charge in [0.2, 0.25) is 5.91 Å². The molecular formula is C16H23ClN2O. The molecule has 1 aliphatic rings. The van der Waals surface area contributed by atoms with Gasteiger partial charge < -0.3 is 5.73 Å². The topological polar surface area (TPSA) is 55.1 Å². The number of carbonyl (C=O) groups is 1. The van der Waals surface area contributed by atoms with Gasteiger partial charge in [-0.1, -0.05) is 49.4 Å². The first-order valence-electron chi connectivity index (χ1n) is 7.36. The average Bonchev–Trinajstić information content (AvgIpc) is 2.67. The van der Waals surface area contributed by atoms with E-state index in [4.69, 9.17) is 17.3 Å². The summed E-state index contributed by atoms with van der Waals surface area (Å²) in [5.74, 6) is -0.343. The van der Waals surface area contributed by atoms with Gasteiger partial charge in [0.25, 0.3) is 0 Å². The van der Waals surface area contributed by atoms with E-state index in [9.17, 15) is 4.79 Å². The standard InChI is InChI=1S/C16H23ClN2O/c1-16(15(18)20,12-8-10-13(17)11-9-12)19-14-6-4-2-3-5-7-14/h8-11,14,19H,2-7H2,1H3,(H2,18,20). The molecule has 1 fully saturated rings. The first-order chi connectivity index (χ1) is 9.52. The van der Waals surface area contributed by atoms with Gasteiger partial charge in [-0.3, -0.25) is 10.1 Å². The molecule has 20 heavy (non-hydrogen) atoms. The van der Waals surface area contributed by atoms with E-state index < -0.39 is 5.54 Å². The van der Waals surface area contributed by atoms with Crippen LogP contribution in [0.25, 0.3) is 0 Å². The number of primary amides is 1. The fraction of sp³-hybridized carbons (Fsp3) is 0.562. The van der Waals surface area contributed by atoms with Crippen molar-refractivity contribution < 1.29 is 4.79 Å². The number of nitrogens with two attached hydrogens (primary N) is 1. The fourth-order valence-electron chi connectivity index (χ4n) is 2.91. The van der Waals surface area contributed by atoms with Crippen LogP contribution >= 0.6 is 11.6 Å². The van der Waals surface area contributed by atoms with Crippen LogP contribution in [0.5, 0.6) is 0 Å². The highest BCUT2D eigenvalue weighted by molar-refractivity contribution is 6.30. The van der Waals surface area contributed by atoms with E-state index in [0.29, 0.717) is 11.1 Å². The molecule has 0 heterocycles. The first-order valence-corrected chi connectivity index (χ1v) is 7.74. The summed E-state index contributed by atoms with van der Waals surface area (Å²) in [4.78, 5) is 12.0. The van der Waals surface area contributed by atoms with Gasteiger partial charge in [-0.05, 0) is 37.5 Å². The van der Waals surface area contributed by atoms with Crippen molar-refractivity contribution in [3.8, 4) is 0 Å². The second kappa shape index (κ2) is 6.59. The lowest BCUT2D eigenvalue weighted by molar-refractivity contribution is -0.124. The predicted octanol–water partition coefficient (Wildman–Crippen LogP) is 3.35. The molecule has 110 valence electrons. The van der Waals surface area contributed by atoms with Gasteiger partial charge >= 0.3 is 0 Å². The Hall–Kier alpha value is -1.06. The minimum absolute atomic E-state index is 0.343. The van der Waals surface area contributed by atoms with Gasteiger partial charge in [0.1, 0.15) is 5.54 Å². The summed E-state index contributed by atoms with van der Waals surface area (Å²) < 4.78 is 0. The molecule has 1 atom stereocenters. The van der Waals surface area contributed by atoms with Crippen molar-refractivity contribution in [2.45, 2.75) is 57.0 Å². The second-order valence-electron chi connectivity index (χ2n) is 5.83. The lowest BCUT2D eigenvalue weighted by Gasteiger charge is -2.33. The number of hydrogen-bond acceptors (Lipinski definition) is 2. The second-order valence-corrected chi connectivity index (χ2v) is 6.27. The van der Waals surface area contributed by atoms with E-state index in [1.54, 1.807) is 12.1 Å². The minimum atomic E-state index is -0.834. The molecule has 3 nitrogen and oxygen atoms in total. The Morgan fingerprint density at radius 3 is 2.25 bits per heavy atom. The highest BCUT2D eigenvalue weighted by atomic mass is 35.5. The monoisotopic (exact) mass is 294 g/mol. The molecule has 3 N–H and O–H groups in total. The van der Waals surface area contributed by atoms with E-state index in [1.807, 2.05) is 19.1 Å². The van der Waals surface area contributed by atoms with Crippen LogP contribution in [-0.2, 0) is 10.3 Å². The highest BCUT2D eigenvalue weighted by Crippen LogP contribution is 2.26. The number of amides is 1. The van der Waals surface area contributed by atoms with Crippen molar-refractivity contribution in [2.24, 2.45) is 5.73 Å². The molecule has 0 aromatic heterocycles. The molecule has 0 bridgehead atoms. The van der Waals surface area contributed by atoms with Gasteiger partial charge in [0.15, 0.2) is 0 Å². The third kappa shape index (κ3) is 3.53. The van der Waals surface area contributed by atoms with Crippen molar-refractivity contribution in [1.29, 1.82) is 0 Å². The zero-order valence-corrected chi connectivity index (χ0v) is 12.7. The van der Waals surface area contributed by atoms with Crippen LogP contribution in [0.2, 0.25) is 5.02 Å². The van der Waals surface area contributed by atoms with Crippen LogP contribution in [0.1, 0.15) is 51.0 Å². The Kier molecular flexibility index (Phi) is 5.06. The Bertz CT molecular complexity index is 452. The van der Waals surface area contributed by atoms with Crippen LogP contribution in [0.4, 0.5) is 0 Å². The number of nitrogens with one attached hydrogen (secondary N) is 1. The van der Waals surface area contributed by atoms with E-state index in [2.05, 4.69) is 5.32 Å². The average molecular weight is 295 g/mol. The lowest BCUT2D eigenvalue weighted by atomic mass is 9.89. The van der Waals surface area contributed by atoms with Crippen LogP contribution in [0, 0.1) is 0 Å². The summed E-state index contributed by atoms with van der Waals surface area (Å²) in [5.41, 5.74) is 5.70. The van der Waals surface area contributed by atoms with Crippen LogP contribution in [0.15, 0.2) is 24.3 Å². The Balaban J connectivity index is 2.20. The van der Waals surface area contributed by atoms with Crippen molar-refractivity contribution in [3.63, 3.8) is 0 Å². The van der Waals surface area contributed by atoms with E-state index >= 15 is 0 Å². The zero-order valence-electron chi connectivity index (χ0n) is 12.0. The number of halogens is 1. The van der Waals surface area contributed by atoms with Crippen LogP contribution in [-0.4, -0.2) is 11.9 Å². The van der Waals surface area contributed by atoms with Crippen molar-refractivity contribution in [1.82, 2.24) is 5.32 Å². The Labute approximate surface area is 125 Å². The van der Waals surface area contributed by atoms with Gasteiger partial charge in [-0.25, -0.2) is 0 Å². The van der Waals surface area contributed by atoms with Crippen molar-refractivity contribution in [3.05, 3.63) is 34.9 Å². The molecule has 0 radical (unpaired) electrons. The molecule has 1 aromatic rings. The predicted molar refractivity (Wildman–Crippen MR) is 82.6 cm³/mol. The van der Waals surface area contributed by atoms with Crippen LogP contribution < -0.4 is 11.1 Å². The third-order valence-corrected chi connectivity index (χ3v) is 4.51. The van der Waals surface area contributed by atoms with Gasteiger partial charge in [-0.2, -0.15) is 0 Å². The summed E-state index contributed by atoms with van der Waals surface area (Å²) >= 11 is 5.92. The number of benzene rings is 1. The van der Waals surface area contributed by atoms with E-state index in [0.717, 1.165) is 18.4 Å². The lowest BCUT2D eigenvalue weighted by Crippen LogP contribution is -2.54. The molecule has 0 saturated heterocycles. The quantitative estimate of drug-likeness (QED) is 0.837. The number of rotatable bonds is 4. The molecule has 1 amide bonds. The largest absolute Gasteiger partial charge is 0.368 e. The summed E-state index contributed by atoms with van der Waals surface area (Å²) in [6, 6.07) is 7.69. The Morgan fingerprint density at radius 2 is 1.75 bits per heavy atom. The first kappa shape index (κ1) is 15.3. The molecular weight excluding hydrogens is 272 g/mol. The molecule has 2 rings (SSSR count). The van der Waals surface area contributed by atoms with E-state index in [1.165, 1.54) is 25.7 Å². The molecule has 1 saturated carbocycles. The summed E-state index contributed by atoms with van der Waals surface area (Å²) in [6.07, 6.45) is 7.21. The number of carbonyl (C=O) groups excluding carboxylic acids is 1. The third-order valence-electron chi connectivity index (χ3n) is 4.26. The normalized spacial score (nSPS) is 20.1. The maximum absolute atomic E-state index is 12.0. The molecule has 1 aromatic carbocycles. The van der Waals surface area contributed by atoms with Crippen molar-refractivity contribution >= 4 is 17.5 Å². The van der Waals surface area contributed by atoms with Gasteiger partial charge in [0.05, 0.1) is 0 Å². The molecule has 0 aliphatic heterocycles. The smallest absolute Gasteiger partial charge is 0.242 e. The van der Waals surface area contributed by atoms with Gasteiger partial charge in [0, 0.05) is 11.1 Å². The highest BCUT2D eigenvalue weighted by Gasteiger charge is 2.35. The maximum Gasteiger partial charge on any atom is 0.242 e. The maximum atomic E-state index is 12.0. The molecule has 0 spiro atoms.